The number of hydrogen-bond donors (Lipinski definition) is 3. The van der Waals surface area contributed by atoms with Crippen molar-refractivity contribution in [2.45, 2.75) is 17.4 Å². The number of nitrogens with one attached hydrogen (secondary N) is 1. The van der Waals surface area contributed by atoms with Gasteiger partial charge in [0.25, 0.3) is 0 Å². The second-order valence-electron chi connectivity index (χ2n) is 3.05. The quantitative estimate of drug-likeness (QED) is 0.656. The van der Waals surface area contributed by atoms with Crippen molar-refractivity contribution in [3.63, 3.8) is 0 Å². The molecule has 0 fully saturated rings. The Bertz CT molecular complexity index is 310. The number of thiol groups is 1. The third-order valence-electron chi connectivity index (χ3n) is 2.02. The molecule has 1 aromatic rings. The van der Waals surface area contributed by atoms with Gasteiger partial charge in [-0.1, -0.05) is 12.1 Å². The molecule has 0 heterocycles. The van der Waals surface area contributed by atoms with Gasteiger partial charge in [0.05, 0.1) is 0 Å². The second kappa shape index (κ2) is 5.02. The van der Waals surface area contributed by atoms with E-state index in [0.717, 1.165) is 10.5 Å². The predicted molar refractivity (Wildman–Crippen MR) is 57.9 cm³/mol. The first-order valence-electron chi connectivity index (χ1n) is 4.31. The van der Waals surface area contributed by atoms with Crippen LogP contribution in [-0.4, -0.2) is 24.2 Å². The molecule has 76 valence electrons. The summed E-state index contributed by atoms with van der Waals surface area (Å²) in [5, 5.41) is 11.6. The number of rotatable bonds is 4. The molecular formula is C10H13NO2S. The highest BCUT2D eigenvalue weighted by Crippen LogP contribution is 2.09. The third kappa shape index (κ3) is 3.05. The van der Waals surface area contributed by atoms with Gasteiger partial charge in [0.2, 0.25) is 0 Å². The molecule has 1 unspecified atom stereocenters. The molecule has 0 aliphatic carbocycles. The molecular weight excluding hydrogens is 198 g/mol. The standard InChI is InChI=1S/C10H13NO2S/c1-11-9(10(12)13)6-7-2-4-8(14)5-3-7/h2-5,9,11,14H,6H2,1H3,(H,12,13). The lowest BCUT2D eigenvalue weighted by Crippen LogP contribution is -2.35. The molecule has 14 heavy (non-hydrogen) atoms. The van der Waals surface area contributed by atoms with Crippen LogP contribution in [0.1, 0.15) is 5.56 Å². The van der Waals surface area contributed by atoms with Crippen LogP contribution in [0.3, 0.4) is 0 Å². The summed E-state index contributed by atoms with van der Waals surface area (Å²) in [7, 11) is 1.64. The Morgan fingerprint density at radius 3 is 2.50 bits per heavy atom. The summed E-state index contributed by atoms with van der Waals surface area (Å²) in [6.07, 6.45) is 0.486. The molecule has 0 saturated carbocycles. The van der Waals surface area contributed by atoms with Crippen molar-refractivity contribution in [2.75, 3.05) is 7.05 Å². The Labute approximate surface area is 88.6 Å². The van der Waals surface area contributed by atoms with E-state index in [-0.39, 0.29) is 0 Å². The summed E-state index contributed by atoms with van der Waals surface area (Å²) in [5.41, 5.74) is 0.990. The molecule has 0 aromatic heterocycles. The molecule has 0 saturated heterocycles. The van der Waals surface area contributed by atoms with Crippen molar-refractivity contribution in [1.29, 1.82) is 0 Å². The SMILES string of the molecule is CNC(Cc1ccc(S)cc1)C(=O)O. The van der Waals surface area contributed by atoms with Crippen LogP contribution in [0.2, 0.25) is 0 Å². The van der Waals surface area contributed by atoms with E-state index >= 15 is 0 Å². The molecule has 1 aromatic carbocycles. The highest BCUT2D eigenvalue weighted by molar-refractivity contribution is 7.80. The first kappa shape index (κ1) is 11.1. The van der Waals surface area contributed by atoms with E-state index in [1.54, 1.807) is 7.05 Å². The van der Waals surface area contributed by atoms with Gasteiger partial charge >= 0.3 is 5.97 Å². The van der Waals surface area contributed by atoms with Crippen molar-refractivity contribution in [2.24, 2.45) is 0 Å². The number of carboxylic acid groups (broad SMARTS) is 1. The van der Waals surface area contributed by atoms with E-state index in [4.69, 9.17) is 5.11 Å². The number of carboxylic acids is 1. The van der Waals surface area contributed by atoms with Crippen molar-refractivity contribution < 1.29 is 9.90 Å². The Morgan fingerprint density at radius 2 is 2.07 bits per heavy atom. The van der Waals surface area contributed by atoms with E-state index in [1.165, 1.54) is 0 Å². The Kier molecular flexibility index (Phi) is 3.98. The minimum atomic E-state index is -0.831. The summed E-state index contributed by atoms with van der Waals surface area (Å²) >= 11 is 4.15. The largest absolute Gasteiger partial charge is 0.480 e. The van der Waals surface area contributed by atoms with Crippen LogP contribution in [0.25, 0.3) is 0 Å². The van der Waals surface area contributed by atoms with Crippen molar-refractivity contribution >= 4 is 18.6 Å². The average Bonchev–Trinajstić information content (AvgIpc) is 2.16. The number of aliphatic carboxylic acids is 1. The van der Waals surface area contributed by atoms with Crippen molar-refractivity contribution in [1.82, 2.24) is 5.32 Å². The van der Waals surface area contributed by atoms with Gasteiger partial charge in [-0.05, 0) is 31.2 Å². The molecule has 0 radical (unpaired) electrons. The maximum Gasteiger partial charge on any atom is 0.321 e. The molecule has 0 aliphatic heterocycles. The Hall–Kier alpha value is -1.00. The van der Waals surface area contributed by atoms with Gasteiger partial charge in [-0.25, -0.2) is 0 Å². The van der Waals surface area contributed by atoms with E-state index in [2.05, 4.69) is 17.9 Å². The van der Waals surface area contributed by atoms with Gasteiger partial charge in [0.15, 0.2) is 0 Å². The first-order valence-corrected chi connectivity index (χ1v) is 4.76. The fraction of sp³-hybridized carbons (Fsp3) is 0.300. The van der Waals surface area contributed by atoms with Crippen molar-refractivity contribution in [3.8, 4) is 0 Å². The smallest absolute Gasteiger partial charge is 0.321 e. The van der Waals surface area contributed by atoms with Gasteiger partial charge < -0.3 is 10.4 Å². The van der Waals surface area contributed by atoms with E-state index in [9.17, 15) is 4.79 Å². The van der Waals surface area contributed by atoms with Crippen LogP contribution < -0.4 is 5.32 Å². The Balaban J connectivity index is 2.67. The molecule has 1 atom stereocenters. The predicted octanol–water partition coefficient (Wildman–Crippen LogP) is 1.19. The van der Waals surface area contributed by atoms with Gasteiger partial charge in [-0.2, -0.15) is 0 Å². The fourth-order valence-corrected chi connectivity index (χ4v) is 1.33. The van der Waals surface area contributed by atoms with Gasteiger partial charge in [0, 0.05) is 4.90 Å². The van der Waals surface area contributed by atoms with Gasteiger partial charge in [-0.15, -0.1) is 12.6 Å². The zero-order valence-corrected chi connectivity index (χ0v) is 8.79. The topological polar surface area (TPSA) is 49.3 Å². The lowest BCUT2D eigenvalue weighted by atomic mass is 10.1. The molecule has 0 amide bonds. The highest BCUT2D eigenvalue weighted by atomic mass is 32.1. The van der Waals surface area contributed by atoms with Crippen LogP contribution in [0, 0.1) is 0 Å². The number of benzene rings is 1. The zero-order chi connectivity index (χ0) is 10.6. The van der Waals surface area contributed by atoms with Gasteiger partial charge in [-0.3, -0.25) is 4.79 Å². The highest BCUT2D eigenvalue weighted by Gasteiger charge is 2.14. The minimum Gasteiger partial charge on any atom is -0.480 e. The number of hydrogen-bond acceptors (Lipinski definition) is 3. The zero-order valence-electron chi connectivity index (χ0n) is 7.90. The van der Waals surface area contributed by atoms with Crippen LogP contribution in [-0.2, 0) is 11.2 Å². The lowest BCUT2D eigenvalue weighted by molar-refractivity contribution is -0.139. The lowest BCUT2D eigenvalue weighted by Gasteiger charge is -2.10. The monoisotopic (exact) mass is 211 g/mol. The minimum absolute atomic E-state index is 0.486. The summed E-state index contributed by atoms with van der Waals surface area (Å²) in [6, 6.07) is 6.95. The molecule has 4 heteroatoms. The summed E-state index contributed by atoms with van der Waals surface area (Å²) in [6.45, 7) is 0. The van der Waals surface area contributed by atoms with Crippen molar-refractivity contribution in [3.05, 3.63) is 29.8 Å². The molecule has 3 nitrogen and oxygen atoms in total. The first-order chi connectivity index (χ1) is 6.63. The molecule has 0 bridgehead atoms. The molecule has 2 N–H and O–H groups in total. The summed E-state index contributed by atoms with van der Waals surface area (Å²) in [5.74, 6) is -0.831. The molecule has 0 aliphatic rings. The second-order valence-corrected chi connectivity index (χ2v) is 3.57. The third-order valence-corrected chi connectivity index (χ3v) is 2.32. The van der Waals surface area contributed by atoms with E-state index < -0.39 is 12.0 Å². The molecule has 1 rings (SSSR count). The van der Waals surface area contributed by atoms with Crippen LogP contribution in [0.5, 0.6) is 0 Å². The van der Waals surface area contributed by atoms with Gasteiger partial charge in [0.1, 0.15) is 6.04 Å². The van der Waals surface area contributed by atoms with E-state index in [0.29, 0.717) is 6.42 Å². The van der Waals surface area contributed by atoms with Crippen LogP contribution in [0.4, 0.5) is 0 Å². The normalized spacial score (nSPS) is 12.4. The fourth-order valence-electron chi connectivity index (χ4n) is 1.18. The number of likely N-dealkylation sites (N-methyl/N-ethyl adjacent to an activating group) is 1. The maximum absolute atomic E-state index is 10.7. The van der Waals surface area contributed by atoms with Crippen LogP contribution >= 0.6 is 12.6 Å². The summed E-state index contributed by atoms with van der Waals surface area (Å²) < 4.78 is 0. The average molecular weight is 211 g/mol. The maximum atomic E-state index is 10.7. The Morgan fingerprint density at radius 1 is 1.50 bits per heavy atom. The van der Waals surface area contributed by atoms with E-state index in [1.807, 2.05) is 24.3 Å². The summed E-state index contributed by atoms with van der Waals surface area (Å²) in [4.78, 5) is 11.6. The molecule has 0 spiro atoms. The number of carbonyl (C=O) groups is 1. The van der Waals surface area contributed by atoms with Crippen LogP contribution in [0.15, 0.2) is 29.2 Å².